The molecule has 2 aromatic carbocycles. The third-order valence-corrected chi connectivity index (χ3v) is 5.10. The molecule has 1 aliphatic carbocycles. The second kappa shape index (κ2) is 8.70. The molecule has 0 N–H and O–H groups in total. The topological polar surface area (TPSA) is 9.23 Å². The SMILES string of the molecule is CCCc1ccc(C(F)(F)OC2=CCC(c3cc(F)c(F)c(F)c3)CC2)c(F)c1F. The molecular formula is C22H19F7O. The molecule has 2 aromatic rings. The Labute approximate surface area is 169 Å². The predicted octanol–water partition coefficient (Wildman–Crippen LogP) is 7.25. The first-order chi connectivity index (χ1) is 14.1. The van der Waals surface area contributed by atoms with E-state index in [1.165, 1.54) is 6.08 Å². The number of hydrogen-bond donors (Lipinski definition) is 0. The molecular weight excluding hydrogens is 413 g/mol. The van der Waals surface area contributed by atoms with Crippen LogP contribution in [0, 0.1) is 29.1 Å². The van der Waals surface area contributed by atoms with E-state index in [4.69, 9.17) is 0 Å². The number of alkyl halides is 2. The van der Waals surface area contributed by atoms with E-state index in [0.29, 0.717) is 6.42 Å². The number of allylic oxidation sites excluding steroid dienone is 2. The zero-order valence-corrected chi connectivity index (χ0v) is 16.1. The molecule has 0 spiro atoms. The number of benzene rings is 2. The van der Waals surface area contributed by atoms with Gasteiger partial charge in [0.25, 0.3) is 0 Å². The van der Waals surface area contributed by atoms with Crippen LogP contribution in [-0.2, 0) is 17.3 Å². The summed E-state index contributed by atoms with van der Waals surface area (Å²) >= 11 is 0. The Morgan fingerprint density at radius 3 is 2.20 bits per heavy atom. The highest BCUT2D eigenvalue weighted by atomic mass is 19.3. The van der Waals surface area contributed by atoms with Gasteiger partial charge in [0.05, 0.1) is 5.76 Å². The standard InChI is InChI=1S/C22H19F7O/c1-2-3-13-6-9-16(20(26)19(13)25)22(28,29)30-15-7-4-12(5-8-15)14-10-17(23)21(27)18(24)11-14/h6-7,9-12H,2-5,8H2,1H3. The van der Waals surface area contributed by atoms with Gasteiger partial charge in [0.1, 0.15) is 5.56 Å². The molecule has 0 heterocycles. The Bertz CT molecular complexity index is 945. The molecule has 8 heteroatoms. The second-order valence-corrected chi connectivity index (χ2v) is 7.21. The highest BCUT2D eigenvalue weighted by Gasteiger charge is 2.40. The Hall–Kier alpha value is -2.51. The van der Waals surface area contributed by atoms with Crippen LogP contribution in [0.4, 0.5) is 30.7 Å². The van der Waals surface area contributed by atoms with Gasteiger partial charge in [-0.3, -0.25) is 0 Å². The van der Waals surface area contributed by atoms with E-state index in [9.17, 15) is 30.7 Å². The lowest BCUT2D eigenvalue weighted by Gasteiger charge is -2.26. The van der Waals surface area contributed by atoms with Gasteiger partial charge < -0.3 is 4.74 Å². The number of hydrogen-bond acceptors (Lipinski definition) is 1. The third-order valence-electron chi connectivity index (χ3n) is 5.10. The summed E-state index contributed by atoms with van der Waals surface area (Å²) in [6, 6.07) is 3.65. The molecule has 1 atom stereocenters. The van der Waals surface area contributed by atoms with Gasteiger partial charge in [-0.2, -0.15) is 8.78 Å². The molecule has 1 nitrogen and oxygen atoms in total. The van der Waals surface area contributed by atoms with Crippen molar-refractivity contribution in [2.45, 2.75) is 51.1 Å². The highest BCUT2D eigenvalue weighted by molar-refractivity contribution is 5.29. The molecule has 0 radical (unpaired) electrons. The van der Waals surface area contributed by atoms with Crippen LogP contribution in [0.15, 0.2) is 36.1 Å². The maximum Gasteiger partial charge on any atom is 0.429 e. The molecule has 0 amide bonds. The summed E-state index contributed by atoms with van der Waals surface area (Å²) in [6.07, 6.45) is -1.74. The molecule has 0 bridgehead atoms. The molecule has 0 aromatic heterocycles. The molecule has 1 unspecified atom stereocenters. The van der Waals surface area contributed by atoms with Crippen molar-refractivity contribution < 1.29 is 35.5 Å². The third kappa shape index (κ3) is 4.47. The van der Waals surface area contributed by atoms with Crippen molar-refractivity contribution in [1.82, 2.24) is 0 Å². The Kier molecular flexibility index (Phi) is 6.43. The van der Waals surface area contributed by atoms with E-state index in [1.807, 2.05) is 0 Å². The van der Waals surface area contributed by atoms with Gasteiger partial charge in [0.15, 0.2) is 29.1 Å². The quantitative estimate of drug-likeness (QED) is 0.345. The van der Waals surface area contributed by atoms with Crippen molar-refractivity contribution in [1.29, 1.82) is 0 Å². The minimum Gasteiger partial charge on any atom is -0.434 e. The summed E-state index contributed by atoms with van der Waals surface area (Å²) in [5.41, 5.74) is -0.994. The van der Waals surface area contributed by atoms with Gasteiger partial charge in [0.2, 0.25) is 0 Å². The van der Waals surface area contributed by atoms with E-state index in [2.05, 4.69) is 4.74 Å². The summed E-state index contributed by atoms with van der Waals surface area (Å²) in [5.74, 6) is -7.77. The normalized spacial score (nSPS) is 17.1. The molecule has 1 aliphatic rings. The van der Waals surface area contributed by atoms with Gasteiger partial charge in [-0.25, -0.2) is 22.0 Å². The van der Waals surface area contributed by atoms with Gasteiger partial charge in [-0.05, 0) is 60.6 Å². The number of ether oxygens (including phenoxy) is 1. The van der Waals surface area contributed by atoms with Crippen LogP contribution in [0.5, 0.6) is 0 Å². The molecule has 0 aliphatic heterocycles. The number of aryl methyl sites for hydroxylation is 1. The van der Waals surface area contributed by atoms with Gasteiger partial charge in [-0.15, -0.1) is 0 Å². The maximum absolute atomic E-state index is 14.5. The van der Waals surface area contributed by atoms with Crippen molar-refractivity contribution >= 4 is 0 Å². The van der Waals surface area contributed by atoms with Crippen molar-refractivity contribution in [2.75, 3.05) is 0 Å². The first-order valence-corrected chi connectivity index (χ1v) is 9.51. The molecule has 0 saturated carbocycles. The average Bonchev–Trinajstić information content (AvgIpc) is 2.69. The van der Waals surface area contributed by atoms with E-state index in [-0.39, 0.29) is 42.6 Å². The van der Waals surface area contributed by atoms with Crippen molar-refractivity contribution in [3.63, 3.8) is 0 Å². The lowest BCUT2D eigenvalue weighted by molar-refractivity contribution is -0.228. The van der Waals surface area contributed by atoms with Crippen LogP contribution in [0.2, 0.25) is 0 Å². The Morgan fingerprint density at radius 2 is 1.63 bits per heavy atom. The van der Waals surface area contributed by atoms with Gasteiger partial charge >= 0.3 is 6.11 Å². The molecule has 0 fully saturated rings. The fourth-order valence-electron chi connectivity index (χ4n) is 3.51. The molecule has 0 saturated heterocycles. The summed E-state index contributed by atoms with van der Waals surface area (Å²) < 4.78 is 102. The maximum atomic E-state index is 14.5. The van der Waals surface area contributed by atoms with E-state index >= 15 is 0 Å². The zero-order valence-electron chi connectivity index (χ0n) is 16.1. The number of rotatable bonds is 6. The summed E-state index contributed by atoms with van der Waals surface area (Å²) in [4.78, 5) is 0. The van der Waals surface area contributed by atoms with Crippen LogP contribution in [0.25, 0.3) is 0 Å². The fraction of sp³-hybridized carbons (Fsp3) is 0.364. The van der Waals surface area contributed by atoms with Gasteiger partial charge in [0, 0.05) is 6.42 Å². The molecule has 30 heavy (non-hydrogen) atoms. The largest absolute Gasteiger partial charge is 0.434 e. The van der Waals surface area contributed by atoms with Gasteiger partial charge in [-0.1, -0.05) is 19.4 Å². The lowest BCUT2D eigenvalue weighted by atomic mass is 9.87. The average molecular weight is 432 g/mol. The monoisotopic (exact) mass is 432 g/mol. The second-order valence-electron chi connectivity index (χ2n) is 7.21. The fourth-order valence-corrected chi connectivity index (χ4v) is 3.51. The van der Waals surface area contributed by atoms with E-state index in [0.717, 1.165) is 24.3 Å². The van der Waals surface area contributed by atoms with E-state index < -0.39 is 46.7 Å². The molecule has 3 rings (SSSR count). The summed E-state index contributed by atoms with van der Waals surface area (Å²) in [6.45, 7) is 1.75. The van der Waals surface area contributed by atoms with Crippen molar-refractivity contribution in [2.24, 2.45) is 0 Å². The van der Waals surface area contributed by atoms with Crippen LogP contribution in [0.3, 0.4) is 0 Å². The van der Waals surface area contributed by atoms with E-state index in [1.54, 1.807) is 6.92 Å². The smallest absolute Gasteiger partial charge is 0.429 e. The highest BCUT2D eigenvalue weighted by Crippen LogP contribution is 2.40. The minimum atomic E-state index is -4.09. The minimum absolute atomic E-state index is 0.00744. The molecule has 162 valence electrons. The Morgan fingerprint density at radius 1 is 0.967 bits per heavy atom. The zero-order chi connectivity index (χ0) is 22.1. The van der Waals surface area contributed by atoms with Crippen molar-refractivity contribution in [3.8, 4) is 0 Å². The predicted molar refractivity (Wildman–Crippen MR) is 96.3 cm³/mol. The number of halogens is 7. The first-order valence-electron chi connectivity index (χ1n) is 9.51. The van der Waals surface area contributed by atoms with Crippen LogP contribution in [-0.4, -0.2) is 0 Å². The van der Waals surface area contributed by atoms with Crippen molar-refractivity contribution in [3.05, 3.63) is 81.9 Å². The lowest BCUT2D eigenvalue weighted by Crippen LogP contribution is -2.22. The Balaban J connectivity index is 1.75. The van der Waals surface area contributed by atoms with Crippen LogP contribution < -0.4 is 0 Å². The summed E-state index contributed by atoms with van der Waals surface area (Å²) in [5, 5.41) is 0. The van der Waals surface area contributed by atoms with Crippen LogP contribution >= 0.6 is 0 Å². The first kappa shape index (κ1) is 22.2. The summed E-state index contributed by atoms with van der Waals surface area (Å²) in [7, 11) is 0. The van der Waals surface area contributed by atoms with Crippen LogP contribution in [0.1, 0.15) is 55.2 Å².